The highest BCUT2D eigenvalue weighted by Crippen LogP contribution is 2.19. The highest BCUT2D eigenvalue weighted by Gasteiger charge is 2.29. The van der Waals surface area contributed by atoms with Crippen LogP contribution in [0, 0.1) is 0 Å². The number of nitrogens with zero attached hydrogens (tertiary/aromatic N) is 4. The highest BCUT2D eigenvalue weighted by atomic mass is 16.3. The first-order valence-electron chi connectivity index (χ1n) is 6.58. The van der Waals surface area contributed by atoms with Gasteiger partial charge in [0.25, 0.3) is 0 Å². The van der Waals surface area contributed by atoms with E-state index < -0.39 is 6.10 Å². The van der Waals surface area contributed by atoms with E-state index in [-0.39, 0.29) is 12.3 Å². The Labute approximate surface area is 113 Å². The van der Waals surface area contributed by atoms with Crippen LogP contribution in [0.3, 0.4) is 0 Å². The molecule has 1 aromatic rings. The fourth-order valence-electron chi connectivity index (χ4n) is 2.47. The van der Waals surface area contributed by atoms with Crippen molar-refractivity contribution in [3.05, 3.63) is 18.2 Å². The molecule has 0 saturated carbocycles. The summed E-state index contributed by atoms with van der Waals surface area (Å²) in [6.07, 6.45) is 3.66. The quantitative estimate of drug-likeness (QED) is 0.833. The van der Waals surface area contributed by atoms with Crippen LogP contribution in [0.25, 0.3) is 0 Å². The van der Waals surface area contributed by atoms with Crippen molar-refractivity contribution in [2.75, 3.05) is 27.2 Å². The van der Waals surface area contributed by atoms with Crippen LogP contribution in [-0.4, -0.2) is 63.6 Å². The topological polar surface area (TPSA) is 61.6 Å². The van der Waals surface area contributed by atoms with Gasteiger partial charge in [0.1, 0.15) is 11.9 Å². The Morgan fingerprint density at radius 1 is 1.63 bits per heavy atom. The molecule has 6 heteroatoms. The molecule has 1 fully saturated rings. The standard InChI is InChI=1S/C13H22N4O2/c1-15(2)10-4-6-17(9-10)12(19)8-11(18)13-14-5-7-16(13)3/h5,7,10-11,18H,4,6,8-9H2,1-3H3/t10-,11?/m0/s1. The van der Waals surface area contributed by atoms with E-state index in [1.807, 2.05) is 26.0 Å². The number of aromatic nitrogens is 2. The van der Waals surface area contributed by atoms with Crippen LogP contribution in [0.2, 0.25) is 0 Å². The van der Waals surface area contributed by atoms with Gasteiger partial charge in [-0.2, -0.15) is 0 Å². The number of aryl methyl sites for hydroxylation is 1. The number of carbonyl (C=O) groups is 1. The van der Waals surface area contributed by atoms with Gasteiger partial charge in [-0.3, -0.25) is 4.79 Å². The molecule has 1 saturated heterocycles. The van der Waals surface area contributed by atoms with Crippen LogP contribution in [-0.2, 0) is 11.8 Å². The van der Waals surface area contributed by atoms with Crippen LogP contribution in [0.15, 0.2) is 12.4 Å². The van der Waals surface area contributed by atoms with Gasteiger partial charge in [0.05, 0.1) is 6.42 Å². The van der Waals surface area contributed by atoms with Gasteiger partial charge in [-0.1, -0.05) is 0 Å². The zero-order valence-electron chi connectivity index (χ0n) is 11.8. The average Bonchev–Trinajstić information content (AvgIpc) is 2.96. The van der Waals surface area contributed by atoms with Gasteiger partial charge < -0.3 is 19.5 Å². The molecule has 0 aromatic carbocycles. The lowest BCUT2D eigenvalue weighted by Crippen LogP contribution is -2.35. The summed E-state index contributed by atoms with van der Waals surface area (Å²) in [7, 11) is 5.87. The second kappa shape index (κ2) is 5.71. The van der Waals surface area contributed by atoms with E-state index in [0.29, 0.717) is 11.9 Å². The second-order valence-electron chi connectivity index (χ2n) is 5.36. The lowest BCUT2D eigenvalue weighted by atomic mass is 10.2. The molecule has 1 aliphatic heterocycles. The summed E-state index contributed by atoms with van der Waals surface area (Å²) in [5.41, 5.74) is 0. The predicted octanol–water partition coefficient (Wildman–Crippen LogP) is 0.00610. The molecular weight excluding hydrogens is 244 g/mol. The molecule has 2 heterocycles. The summed E-state index contributed by atoms with van der Waals surface area (Å²) < 4.78 is 1.74. The summed E-state index contributed by atoms with van der Waals surface area (Å²) in [5.74, 6) is 0.538. The lowest BCUT2D eigenvalue weighted by Gasteiger charge is -2.21. The average molecular weight is 266 g/mol. The van der Waals surface area contributed by atoms with Gasteiger partial charge in [-0.15, -0.1) is 0 Å². The number of amides is 1. The number of likely N-dealkylation sites (tertiary alicyclic amines) is 1. The predicted molar refractivity (Wildman–Crippen MR) is 71.5 cm³/mol. The Morgan fingerprint density at radius 2 is 2.37 bits per heavy atom. The maximum absolute atomic E-state index is 12.1. The second-order valence-corrected chi connectivity index (χ2v) is 5.36. The third kappa shape index (κ3) is 3.13. The summed E-state index contributed by atoms with van der Waals surface area (Å²) >= 11 is 0. The molecule has 19 heavy (non-hydrogen) atoms. The maximum Gasteiger partial charge on any atom is 0.225 e. The number of imidazole rings is 1. The molecule has 1 aromatic heterocycles. The number of aliphatic hydroxyl groups is 1. The lowest BCUT2D eigenvalue weighted by molar-refractivity contribution is -0.132. The Morgan fingerprint density at radius 3 is 2.89 bits per heavy atom. The molecular formula is C13H22N4O2. The third-order valence-corrected chi connectivity index (χ3v) is 3.77. The molecule has 2 atom stereocenters. The number of likely N-dealkylation sites (N-methyl/N-ethyl adjacent to an activating group) is 1. The van der Waals surface area contributed by atoms with E-state index in [4.69, 9.17) is 0 Å². The molecule has 106 valence electrons. The fourth-order valence-corrected chi connectivity index (χ4v) is 2.47. The van der Waals surface area contributed by atoms with E-state index in [0.717, 1.165) is 19.5 Å². The molecule has 1 aliphatic rings. The highest BCUT2D eigenvalue weighted by molar-refractivity contribution is 5.77. The van der Waals surface area contributed by atoms with Gasteiger partial charge in [0.15, 0.2) is 0 Å². The minimum atomic E-state index is -0.828. The number of carbonyl (C=O) groups excluding carboxylic acids is 1. The zero-order chi connectivity index (χ0) is 14.0. The summed E-state index contributed by atoms with van der Waals surface area (Å²) in [6.45, 7) is 1.52. The van der Waals surface area contributed by atoms with E-state index in [1.54, 1.807) is 17.0 Å². The van der Waals surface area contributed by atoms with E-state index in [2.05, 4.69) is 9.88 Å². The Kier molecular flexibility index (Phi) is 4.21. The maximum atomic E-state index is 12.1. The fraction of sp³-hybridized carbons (Fsp3) is 0.692. The normalized spacial score (nSPS) is 21.1. The molecule has 1 unspecified atom stereocenters. The molecule has 6 nitrogen and oxygen atoms in total. The van der Waals surface area contributed by atoms with Crippen LogP contribution in [0.4, 0.5) is 0 Å². The van der Waals surface area contributed by atoms with Gasteiger partial charge in [-0.25, -0.2) is 4.98 Å². The molecule has 0 radical (unpaired) electrons. The van der Waals surface area contributed by atoms with Crippen LogP contribution >= 0.6 is 0 Å². The number of aliphatic hydroxyl groups excluding tert-OH is 1. The van der Waals surface area contributed by atoms with Crippen molar-refractivity contribution >= 4 is 5.91 Å². The number of rotatable bonds is 4. The van der Waals surface area contributed by atoms with Crippen LogP contribution in [0.1, 0.15) is 24.8 Å². The van der Waals surface area contributed by atoms with Crippen molar-refractivity contribution in [2.24, 2.45) is 7.05 Å². The minimum Gasteiger partial charge on any atom is -0.385 e. The van der Waals surface area contributed by atoms with Crippen molar-refractivity contribution in [2.45, 2.75) is 25.0 Å². The van der Waals surface area contributed by atoms with Crippen molar-refractivity contribution in [3.8, 4) is 0 Å². The summed E-state index contributed by atoms with van der Waals surface area (Å²) in [6, 6.07) is 0.425. The number of hydrogen-bond acceptors (Lipinski definition) is 4. The Bertz CT molecular complexity index is 444. The summed E-state index contributed by atoms with van der Waals surface area (Å²) in [4.78, 5) is 20.2. The molecule has 1 N–H and O–H groups in total. The summed E-state index contributed by atoms with van der Waals surface area (Å²) in [5, 5.41) is 10.1. The van der Waals surface area contributed by atoms with Crippen molar-refractivity contribution in [3.63, 3.8) is 0 Å². The zero-order valence-corrected chi connectivity index (χ0v) is 11.8. The molecule has 0 spiro atoms. The minimum absolute atomic E-state index is 0.000139. The van der Waals surface area contributed by atoms with Crippen LogP contribution in [0.5, 0.6) is 0 Å². The molecule has 1 amide bonds. The van der Waals surface area contributed by atoms with Crippen molar-refractivity contribution in [1.29, 1.82) is 0 Å². The molecule has 0 aliphatic carbocycles. The first-order valence-corrected chi connectivity index (χ1v) is 6.58. The monoisotopic (exact) mass is 266 g/mol. The number of hydrogen-bond donors (Lipinski definition) is 1. The van der Waals surface area contributed by atoms with Crippen LogP contribution < -0.4 is 0 Å². The van der Waals surface area contributed by atoms with Crippen molar-refractivity contribution in [1.82, 2.24) is 19.4 Å². The van der Waals surface area contributed by atoms with Gasteiger partial charge in [-0.05, 0) is 20.5 Å². The van der Waals surface area contributed by atoms with Crippen molar-refractivity contribution < 1.29 is 9.90 Å². The molecule has 2 rings (SSSR count). The SMILES string of the molecule is CN(C)[C@H]1CCN(C(=O)CC(O)c2nccn2C)C1. The first kappa shape index (κ1) is 14.0. The molecule has 0 bridgehead atoms. The first-order chi connectivity index (χ1) is 8.99. The third-order valence-electron chi connectivity index (χ3n) is 3.77. The smallest absolute Gasteiger partial charge is 0.225 e. The van der Waals surface area contributed by atoms with Gasteiger partial charge in [0.2, 0.25) is 5.91 Å². The van der Waals surface area contributed by atoms with E-state index in [1.165, 1.54) is 0 Å². The van der Waals surface area contributed by atoms with Gasteiger partial charge in [0, 0.05) is 38.6 Å². The van der Waals surface area contributed by atoms with E-state index >= 15 is 0 Å². The van der Waals surface area contributed by atoms with E-state index in [9.17, 15) is 9.90 Å². The Hall–Kier alpha value is -1.40. The Balaban J connectivity index is 1.90. The largest absolute Gasteiger partial charge is 0.385 e. The van der Waals surface area contributed by atoms with Gasteiger partial charge >= 0.3 is 0 Å².